The monoisotopic (exact) mass is 569 g/mol. The van der Waals surface area contributed by atoms with Crippen molar-refractivity contribution in [2.24, 2.45) is 5.73 Å². The van der Waals surface area contributed by atoms with Crippen LogP contribution >= 0.6 is 0 Å². The molecule has 4 N–H and O–H groups in total. The fourth-order valence-corrected chi connectivity index (χ4v) is 4.81. The first-order valence-corrected chi connectivity index (χ1v) is 12.8. The van der Waals surface area contributed by atoms with Gasteiger partial charge >= 0.3 is 0 Å². The number of methoxy groups -OCH3 is 1. The average Bonchev–Trinajstić information content (AvgIpc) is 3.36. The molecular formula is C28H30F3N7O3. The Morgan fingerprint density at radius 3 is 2.61 bits per heavy atom. The number of amides is 1. The average molecular weight is 570 g/mol. The summed E-state index contributed by atoms with van der Waals surface area (Å²) in [5.74, 6) is -2.38. The molecule has 0 saturated carbocycles. The largest absolute Gasteiger partial charge is 0.485 e. The van der Waals surface area contributed by atoms with Gasteiger partial charge in [-0.2, -0.15) is 0 Å². The molecule has 216 valence electrons. The SMILES string of the molecule is COCC(C)(N)CNc1nc(-c2c(C)nc3c(OCc4c(F)ccc(F)c4F)cccn23)nc2c1C(C)(C)C(=O)N2. The van der Waals surface area contributed by atoms with Crippen molar-refractivity contribution in [1.29, 1.82) is 0 Å². The molecule has 1 unspecified atom stereocenters. The van der Waals surface area contributed by atoms with Gasteiger partial charge < -0.3 is 25.8 Å². The second-order valence-corrected chi connectivity index (χ2v) is 10.9. The van der Waals surface area contributed by atoms with Gasteiger partial charge in [0.15, 0.2) is 28.9 Å². The van der Waals surface area contributed by atoms with Crippen LogP contribution in [0.15, 0.2) is 30.5 Å². The van der Waals surface area contributed by atoms with E-state index in [4.69, 9.17) is 20.2 Å². The van der Waals surface area contributed by atoms with Gasteiger partial charge in [0.1, 0.15) is 29.8 Å². The van der Waals surface area contributed by atoms with Gasteiger partial charge in [0.2, 0.25) is 5.91 Å². The zero-order chi connectivity index (χ0) is 29.7. The van der Waals surface area contributed by atoms with Gasteiger partial charge in [-0.15, -0.1) is 0 Å². The summed E-state index contributed by atoms with van der Waals surface area (Å²) in [7, 11) is 1.56. The number of aromatic nitrogens is 4. The van der Waals surface area contributed by atoms with Crippen LogP contribution < -0.4 is 21.1 Å². The van der Waals surface area contributed by atoms with Gasteiger partial charge in [0.25, 0.3) is 0 Å². The van der Waals surface area contributed by atoms with Crippen LogP contribution in [0, 0.1) is 24.4 Å². The first kappa shape index (κ1) is 28.3. The first-order chi connectivity index (χ1) is 19.3. The van der Waals surface area contributed by atoms with Crippen molar-refractivity contribution in [2.45, 2.75) is 45.3 Å². The molecule has 0 spiro atoms. The van der Waals surface area contributed by atoms with E-state index >= 15 is 0 Å². The fourth-order valence-electron chi connectivity index (χ4n) is 4.81. The van der Waals surface area contributed by atoms with E-state index in [1.54, 1.807) is 50.6 Å². The van der Waals surface area contributed by atoms with E-state index in [0.717, 1.165) is 6.07 Å². The second-order valence-electron chi connectivity index (χ2n) is 10.9. The molecule has 13 heteroatoms. The van der Waals surface area contributed by atoms with Crippen molar-refractivity contribution < 1.29 is 27.4 Å². The quantitative estimate of drug-likeness (QED) is 0.257. The third-order valence-corrected chi connectivity index (χ3v) is 6.98. The molecule has 0 fully saturated rings. The number of nitrogens with zero attached hydrogens (tertiary/aromatic N) is 4. The maximum Gasteiger partial charge on any atom is 0.235 e. The lowest BCUT2D eigenvalue weighted by molar-refractivity contribution is -0.119. The number of rotatable bonds is 9. The molecule has 0 bridgehead atoms. The Morgan fingerprint density at radius 1 is 1.15 bits per heavy atom. The molecule has 0 saturated heterocycles. The topological polar surface area (TPSA) is 129 Å². The molecule has 0 radical (unpaired) electrons. The molecule has 41 heavy (non-hydrogen) atoms. The van der Waals surface area contributed by atoms with Crippen LogP contribution in [-0.2, 0) is 21.6 Å². The van der Waals surface area contributed by atoms with E-state index in [0.29, 0.717) is 53.5 Å². The van der Waals surface area contributed by atoms with Crippen LogP contribution in [-0.4, -0.2) is 51.1 Å². The standard InChI is InChI=1S/C28H30F3N7O3/c1-14-21(38-10-6-7-18(25(38)34-14)41-11-15-16(29)8-9-17(30)20(15)31)24-35-22(33-12-28(4,32)13-40-5)19-23(36-24)37-26(39)27(19,2)3/h6-10H,11-13,32H2,1-5H3,(H2,33,35,36,37,39). The maximum atomic E-state index is 14.2. The van der Waals surface area contributed by atoms with Gasteiger partial charge in [-0.1, -0.05) is 0 Å². The van der Waals surface area contributed by atoms with E-state index in [1.165, 1.54) is 0 Å². The maximum absolute atomic E-state index is 14.2. The third-order valence-electron chi connectivity index (χ3n) is 6.98. The number of hydrogen-bond donors (Lipinski definition) is 3. The highest BCUT2D eigenvalue weighted by atomic mass is 19.2. The summed E-state index contributed by atoms with van der Waals surface area (Å²) >= 11 is 0. The molecule has 1 aliphatic rings. The Morgan fingerprint density at radius 2 is 1.88 bits per heavy atom. The summed E-state index contributed by atoms with van der Waals surface area (Å²) in [4.78, 5) is 26.9. The van der Waals surface area contributed by atoms with Crippen LogP contribution in [0.5, 0.6) is 5.75 Å². The summed E-state index contributed by atoms with van der Waals surface area (Å²) < 4.78 is 54.6. The highest BCUT2D eigenvalue weighted by Crippen LogP contribution is 2.42. The van der Waals surface area contributed by atoms with E-state index < -0.39 is 40.6 Å². The van der Waals surface area contributed by atoms with Crippen molar-refractivity contribution in [3.8, 4) is 17.3 Å². The molecule has 0 aliphatic carbocycles. The molecule has 3 aromatic heterocycles. The van der Waals surface area contributed by atoms with Crippen LogP contribution in [0.3, 0.4) is 0 Å². The first-order valence-electron chi connectivity index (χ1n) is 12.8. The Kier molecular flexibility index (Phi) is 7.12. The summed E-state index contributed by atoms with van der Waals surface area (Å²) in [6.45, 7) is 7.18. The lowest BCUT2D eigenvalue weighted by Gasteiger charge is -2.26. The number of ether oxygens (including phenoxy) is 2. The summed E-state index contributed by atoms with van der Waals surface area (Å²) in [5, 5.41) is 6.12. The van der Waals surface area contributed by atoms with E-state index in [-0.39, 0.29) is 17.5 Å². The highest BCUT2D eigenvalue weighted by Gasteiger charge is 2.43. The molecule has 4 heterocycles. The predicted molar refractivity (Wildman–Crippen MR) is 146 cm³/mol. The molecule has 1 atom stereocenters. The summed E-state index contributed by atoms with van der Waals surface area (Å²) in [5.41, 5.74) is 6.16. The van der Waals surface area contributed by atoms with E-state index in [9.17, 15) is 18.0 Å². The summed E-state index contributed by atoms with van der Waals surface area (Å²) in [6, 6.07) is 4.80. The number of imidazole rings is 1. The van der Waals surface area contributed by atoms with Crippen molar-refractivity contribution in [3.63, 3.8) is 0 Å². The number of benzene rings is 1. The number of nitrogens with one attached hydrogen (secondary N) is 2. The van der Waals surface area contributed by atoms with Crippen LogP contribution in [0.1, 0.15) is 37.6 Å². The van der Waals surface area contributed by atoms with Crippen molar-refractivity contribution in [1.82, 2.24) is 19.4 Å². The lowest BCUT2D eigenvalue weighted by atomic mass is 9.87. The number of nitrogens with two attached hydrogens (primary N) is 1. The molecule has 1 amide bonds. The van der Waals surface area contributed by atoms with Gasteiger partial charge in [-0.05, 0) is 52.0 Å². The molecule has 5 rings (SSSR count). The molecular weight excluding hydrogens is 539 g/mol. The van der Waals surface area contributed by atoms with Crippen molar-refractivity contribution in [2.75, 3.05) is 30.9 Å². The number of fused-ring (bicyclic) bond motifs is 2. The lowest BCUT2D eigenvalue weighted by Crippen LogP contribution is -2.47. The minimum Gasteiger partial charge on any atom is -0.485 e. The van der Waals surface area contributed by atoms with Crippen LogP contribution in [0.4, 0.5) is 24.8 Å². The van der Waals surface area contributed by atoms with Gasteiger partial charge in [-0.25, -0.2) is 28.1 Å². The number of hydrogen-bond acceptors (Lipinski definition) is 8. The van der Waals surface area contributed by atoms with Crippen molar-refractivity contribution >= 4 is 23.2 Å². The molecule has 10 nitrogen and oxygen atoms in total. The number of carbonyl (C=O) groups excluding carboxylic acids is 1. The Hall–Kier alpha value is -4.23. The molecule has 1 aromatic carbocycles. The number of halogens is 3. The molecule has 1 aliphatic heterocycles. The highest BCUT2D eigenvalue weighted by molar-refractivity contribution is 6.06. The normalized spacial score (nSPS) is 15.5. The third kappa shape index (κ3) is 5.06. The van der Waals surface area contributed by atoms with Gasteiger partial charge in [0.05, 0.1) is 34.4 Å². The summed E-state index contributed by atoms with van der Waals surface area (Å²) in [6.07, 6.45) is 1.71. The predicted octanol–water partition coefficient (Wildman–Crippen LogP) is 4.10. The van der Waals surface area contributed by atoms with Crippen LogP contribution in [0.2, 0.25) is 0 Å². The fraction of sp³-hybridized carbons (Fsp3) is 0.357. The van der Waals surface area contributed by atoms with Gasteiger partial charge in [-0.3, -0.25) is 9.20 Å². The number of pyridine rings is 1. The number of aryl methyl sites for hydroxylation is 1. The Bertz CT molecular complexity index is 1670. The zero-order valence-corrected chi connectivity index (χ0v) is 23.2. The zero-order valence-electron chi connectivity index (χ0n) is 23.2. The second kappa shape index (κ2) is 10.3. The van der Waals surface area contributed by atoms with E-state index in [1.807, 2.05) is 6.92 Å². The number of carbonyl (C=O) groups is 1. The minimum atomic E-state index is -1.31. The minimum absolute atomic E-state index is 0.206. The number of anilines is 2. The molecule has 4 aromatic rings. The smallest absolute Gasteiger partial charge is 0.235 e. The van der Waals surface area contributed by atoms with E-state index in [2.05, 4.69) is 20.6 Å². The van der Waals surface area contributed by atoms with Crippen molar-refractivity contribution in [3.05, 3.63) is 64.7 Å². The Labute approximate surface area is 234 Å². The Balaban J connectivity index is 1.56. The van der Waals surface area contributed by atoms with Gasteiger partial charge in [0, 0.05) is 19.9 Å². The van der Waals surface area contributed by atoms with Crippen LogP contribution in [0.25, 0.3) is 17.2 Å².